The highest BCUT2D eigenvalue weighted by Crippen LogP contribution is 2.38. The van der Waals surface area contributed by atoms with E-state index in [0.717, 1.165) is 89.4 Å². The Labute approximate surface area is 301 Å². The van der Waals surface area contributed by atoms with Crippen LogP contribution in [-0.2, 0) is 21.1 Å². The molecule has 8 bridgehead atoms. The predicted molar refractivity (Wildman–Crippen MR) is 209 cm³/mol. The molecule has 0 aliphatic carbocycles. The first-order valence-electron chi connectivity index (χ1n) is 17.3. The molecule has 52 heavy (non-hydrogen) atoms. The van der Waals surface area contributed by atoms with Gasteiger partial charge in [-0.25, -0.2) is 23.7 Å². The molecule has 8 heteroatoms. The van der Waals surface area contributed by atoms with Crippen molar-refractivity contribution >= 4 is 52.1 Å². The van der Waals surface area contributed by atoms with Crippen LogP contribution in [0.1, 0.15) is 22.8 Å². The molecule has 9 rings (SSSR count). The van der Waals surface area contributed by atoms with E-state index in [1.54, 1.807) is 0 Å². The third-order valence-electron chi connectivity index (χ3n) is 9.75. The molecule has 0 atom stereocenters. The maximum Gasteiger partial charge on any atom is 0.169 e. The molecule has 7 aromatic rings. The average Bonchev–Trinajstić information content (AvgIpc) is 3.99. The lowest BCUT2D eigenvalue weighted by Crippen LogP contribution is -2.25. The van der Waals surface area contributed by atoms with Crippen LogP contribution in [0.5, 0.6) is 0 Å². The first-order chi connectivity index (χ1) is 25.4. The fourth-order valence-electron chi connectivity index (χ4n) is 7.07. The number of aryl methyl sites for hydroxylation is 3. The van der Waals surface area contributed by atoms with Gasteiger partial charge in [-0.1, -0.05) is 12.1 Å². The summed E-state index contributed by atoms with van der Waals surface area (Å²) in [4.78, 5) is 18.4. The Balaban J connectivity index is 1.47. The number of H-pyrrole nitrogens is 2. The minimum absolute atomic E-state index is 0.711. The Bertz CT molecular complexity index is 2360. The normalized spacial score (nSPS) is 12.1. The number of benzene rings is 1. The standard InChI is InChI=1S/C44H36N8/c1-50-22-16-29(17-23-50)42-35-10-8-33(46-35)41(28-4-6-32(45)7-5-28)34-9-11-36(47-34)43(30-18-24-51(2)25-19-30)38-13-15-40(49-38)44(39-14-12-37(42)48-39)31-20-26-52(3)27-21-31/h4-27H,1-3H3,(H3,45,46,47,48,49)/q+2/p+1. The summed E-state index contributed by atoms with van der Waals surface area (Å²) in [6.07, 6.45) is 20.9. The molecule has 0 saturated carbocycles. The molecule has 0 amide bonds. The Morgan fingerprint density at radius 3 is 0.942 bits per heavy atom. The monoisotopic (exact) mass is 677 g/mol. The van der Waals surface area contributed by atoms with Gasteiger partial charge in [0.05, 0.1) is 22.8 Å². The summed E-state index contributed by atoms with van der Waals surface area (Å²) in [7, 11) is 6.09. The van der Waals surface area contributed by atoms with Crippen LogP contribution in [0.25, 0.3) is 90.9 Å². The molecule has 250 valence electrons. The fourth-order valence-corrected chi connectivity index (χ4v) is 7.07. The van der Waals surface area contributed by atoms with Crippen LogP contribution < -0.4 is 19.4 Å². The Kier molecular flexibility index (Phi) is 7.43. The highest BCUT2D eigenvalue weighted by atomic mass is 14.9. The van der Waals surface area contributed by atoms with Gasteiger partial charge in [0.1, 0.15) is 21.1 Å². The lowest BCUT2D eigenvalue weighted by molar-refractivity contribution is -0.671. The number of rotatable bonds is 4. The lowest BCUT2D eigenvalue weighted by Gasteiger charge is -2.06. The van der Waals surface area contributed by atoms with E-state index in [0.29, 0.717) is 5.69 Å². The van der Waals surface area contributed by atoms with E-state index in [1.165, 1.54) is 0 Å². The van der Waals surface area contributed by atoms with E-state index in [1.807, 2.05) is 47.0 Å². The van der Waals surface area contributed by atoms with Gasteiger partial charge in [-0.3, -0.25) is 0 Å². The first kappa shape index (κ1) is 31.1. The van der Waals surface area contributed by atoms with Crippen molar-refractivity contribution in [2.45, 2.75) is 0 Å². The zero-order valence-electron chi connectivity index (χ0n) is 29.2. The number of fused-ring (bicyclic) bond motifs is 8. The maximum absolute atomic E-state index is 6.16. The van der Waals surface area contributed by atoms with Crippen molar-refractivity contribution in [3.63, 3.8) is 0 Å². The Morgan fingerprint density at radius 1 is 0.385 bits per heavy atom. The van der Waals surface area contributed by atoms with Gasteiger partial charge in [0.15, 0.2) is 37.2 Å². The van der Waals surface area contributed by atoms with E-state index in [-0.39, 0.29) is 0 Å². The SMILES string of the molecule is C[n+]1ccc(-c2c3nc(c(-c4cc[n+](C)cc4)c4ccc([nH]4)c(-c4cc[n+](C)cc4)c4nc(c(-c5ccc(N)cc5)c5ccc2[nH]5)C=C4)C=C3)cc1. The third-order valence-corrected chi connectivity index (χ3v) is 9.75. The van der Waals surface area contributed by atoms with Crippen molar-refractivity contribution in [1.29, 1.82) is 0 Å². The molecule has 8 nitrogen and oxygen atoms in total. The smallest absolute Gasteiger partial charge is 0.169 e. The van der Waals surface area contributed by atoms with Gasteiger partial charge in [0.2, 0.25) is 0 Å². The number of nitrogen functional groups attached to an aromatic ring is 1. The summed E-state index contributed by atoms with van der Waals surface area (Å²) in [5.41, 5.74) is 22.4. The number of hydrogen-bond acceptors (Lipinski definition) is 3. The number of nitrogens with two attached hydrogens (primary N) is 1. The molecule has 2 aliphatic rings. The largest absolute Gasteiger partial charge is 0.399 e. The number of nitrogens with zero attached hydrogens (tertiary/aromatic N) is 5. The molecule has 8 heterocycles. The second kappa shape index (κ2) is 12.4. The van der Waals surface area contributed by atoms with Crippen molar-refractivity contribution < 1.29 is 13.7 Å². The van der Waals surface area contributed by atoms with Crippen molar-refractivity contribution in [2.24, 2.45) is 21.1 Å². The number of aromatic nitrogens is 7. The lowest BCUT2D eigenvalue weighted by atomic mass is 10.0. The van der Waals surface area contributed by atoms with Crippen LogP contribution in [0.4, 0.5) is 5.69 Å². The number of aromatic amines is 2. The van der Waals surface area contributed by atoms with Crippen LogP contribution >= 0.6 is 0 Å². The van der Waals surface area contributed by atoms with Gasteiger partial charge < -0.3 is 15.7 Å². The van der Waals surface area contributed by atoms with Crippen molar-refractivity contribution in [2.75, 3.05) is 5.73 Å². The van der Waals surface area contributed by atoms with Crippen LogP contribution in [0.3, 0.4) is 0 Å². The zero-order chi connectivity index (χ0) is 35.3. The van der Waals surface area contributed by atoms with E-state index < -0.39 is 0 Å². The number of anilines is 1. The van der Waals surface area contributed by atoms with E-state index >= 15 is 0 Å². The minimum Gasteiger partial charge on any atom is -0.399 e. The molecule has 0 unspecified atom stereocenters. The molecule has 0 spiro atoms. The molecular weight excluding hydrogens is 641 g/mol. The second-order valence-electron chi connectivity index (χ2n) is 13.4. The van der Waals surface area contributed by atoms with Crippen molar-refractivity contribution in [3.05, 3.63) is 145 Å². The fraction of sp³-hybridized carbons (Fsp3) is 0.0682. The second-order valence-corrected chi connectivity index (χ2v) is 13.4. The summed E-state index contributed by atoms with van der Waals surface area (Å²) in [6.45, 7) is 0. The molecule has 0 fully saturated rings. The van der Waals surface area contributed by atoms with E-state index in [4.69, 9.17) is 15.7 Å². The number of nitrogens with one attached hydrogen (secondary N) is 2. The van der Waals surface area contributed by atoms with Gasteiger partial charge >= 0.3 is 0 Å². The molecule has 2 aliphatic heterocycles. The first-order valence-corrected chi connectivity index (χ1v) is 17.3. The number of hydrogen-bond donors (Lipinski definition) is 3. The van der Waals surface area contributed by atoms with Crippen molar-refractivity contribution in [3.8, 4) is 44.5 Å². The Hall–Kier alpha value is -6.93. The van der Waals surface area contributed by atoms with Crippen LogP contribution in [0.15, 0.2) is 122 Å². The number of pyridine rings is 3. The summed E-state index contributed by atoms with van der Waals surface area (Å²) in [5.74, 6) is 0. The highest BCUT2D eigenvalue weighted by Gasteiger charge is 2.19. The minimum atomic E-state index is 0.711. The highest BCUT2D eigenvalue weighted by molar-refractivity contribution is 5.99. The zero-order valence-corrected chi connectivity index (χ0v) is 29.2. The van der Waals surface area contributed by atoms with Crippen molar-refractivity contribution in [1.82, 2.24) is 19.9 Å². The van der Waals surface area contributed by atoms with E-state index in [9.17, 15) is 0 Å². The Morgan fingerprint density at radius 2 is 0.654 bits per heavy atom. The third kappa shape index (κ3) is 5.56. The summed E-state index contributed by atoms with van der Waals surface area (Å²) in [5, 5.41) is 0. The van der Waals surface area contributed by atoms with Gasteiger partial charge in [-0.15, -0.1) is 0 Å². The van der Waals surface area contributed by atoms with Crippen LogP contribution in [0.2, 0.25) is 0 Å². The maximum atomic E-state index is 6.16. The molecule has 6 aromatic heterocycles. The van der Waals surface area contributed by atoms with Gasteiger partial charge in [-0.2, -0.15) is 0 Å². The average molecular weight is 678 g/mol. The molecule has 0 saturated heterocycles. The topological polar surface area (TPSA) is 95.0 Å². The molecule has 1 aromatic carbocycles. The van der Waals surface area contributed by atoms with Crippen LogP contribution in [-0.4, -0.2) is 19.9 Å². The summed E-state index contributed by atoms with van der Waals surface area (Å²) >= 11 is 0. The quantitative estimate of drug-likeness (QED) is 0.134. The van der Waals surface area contributed by atoms with E-state index in [2.05, 4.69) is 144 Å². The van der Waals surface area contributed by atoms with Gasteiger partial charge in [0, 0.05) is 86.4 Å². The van der Waals surface area contributed by atoms with Crippen LogP contribution in [0, 0.1) is 0 Å². The van der Waals surface area contributed by atoms with Gasteiger partial charge in [0.25, 0.3) is 0 Å². The summed E-state index contributed by atoms with van der Waals surface area (Å²) < 4.78 is 6.13. The molecular formula is C44H37N8+3. The molecule has 0 radical (unpaired) electrons. The molecule has 4 N–H and O–H groups in total. The summed E-state index contributed by atoms with van der Waals surface area (Å²) in [6, 6.07) is 29.4. The van der Waals surface area contributed by atoms with Gasteiger partial charge in [-0.05, 0) is 83.0 Å². The predicted octanol–water partition coefficient (Wildman–Crippen LogP) is 7.38.